The Labute approximate surface area is 191 Å². The van der Waals surface area contributed by atoms with Crippen LogP contribution in [0.4, 0.5) is 4.39 Å². The van der Waals surface area contributed by atoms with Crippen molar-refractivity contribution in [3.8, 4) is 5.75 Å². The Morgan fingerprint density at radius 3 is 2.78 bits per heavy atom. The second-order valence-corrected chi connectivity index (χ2v) is 8.85. The number of piperidine rings is 1. The molecule has 170 valence electrons. The van der Waals surface area contributed by atoms with E-state index in [2.05, 4.69) is 29.1 Å². The van der Waals surface area contributed by atoms with Crippen molar-refractivity contribution in [3.05, 3.63) is 58.5 Å². The van der Waals surface area contributed by atoms with Gasteiger partial charge in [-0.3, -0.25) is 4.79 Å². The van der Waals surface area contributed by atoms with E-state index in [1.54, 1.807) is 4.90 Å². The van der Waals surface area contributed by atoms with Gasteiger partial charge in [0.2, 0.25) is 0 Å². The number of amides is 1. The smallest absolute Gasteiger partial charge is 0.258 e. The molecule has 1 aromatic heterocycles. The maximum Gasteiger partial charge on any atom is 0.258 e. The molecule has 0 saturated carbocycles. The molecule has 3 heterocycles. The number of nitrogens with zero attached hydrogens (tertiary/aromatic N) is 3. The highest BCUT2D eigenvalue weighted by Crippen LogP contribution is 2.30. The standard InChI is InChI=1S/C23H27ClFN5O2/c1-3-16-8-17(6-13(2)29-16)32-21-7-15(25)4-5-18(21)23(31)30-11-19(20(26)12-30)22-27-9-14(24)10-28-22/h4-5,7,9-10,13,16-17,29H,3,6,8,11-12,26H2,1-2H3. The van der Waals surface area contributed by atoms with Gasteiger partial charge in [-0.1, -0.05) is 18.5 Å². The Kier molecular flexibility index (Phi) is 6.62. The molecule has 7 nitrogen and oxygen atoms in total. The van der Waals surface area contributed by atoms with Crippen molar-refractivity contribution >= 4 is 23.1 Å². The minimum Gasteiger partial charge on any atom is -0.489 e. The molecule has 3 N–H and O–H groups in total. The summed E-state index contributed by atoms with van der Waals surface area (Å²) in [5.74, 6) is -0.0216. The minimum atomic E-state index is -0.445. The van der Waals surface area contributed by atoms with Crippen molar-refractivity contribution in [2.24, 2.45) is 5.73 Å². The number of hydrogen-bond acceptors (Lipinski definition) is 6. The highest BCUT2D eigenvalue weighted by atomic mass is 35.5. The summed E-state index contributed by atoms with van der Waals surface area (Å²) in [5.41, 5.74) is 7.70. The highest BCUT2D eigenvalue weighted by molar-refractivity contribution is 6.30. The average Bonchev–Trinajstić information content (AvgIpc) is 3.15. The van der Waals surface area contributed by atoms with Crippen LogP contribution in [0.2, 0.25) is 5.02 Å². The fraction of sp³-hybridized carbons (Fsp3) is 0.435. The van der Waals surface area contributed by atoms with Gasteiger partial charge in [0.1, 0.15) is 17.7 Å². The third-order valence-corrected chi connectivity index (χ3v) is 6.12. The Bertz CT molecular complexity index is 1030. The van der Waals surface area contributed by atoms with E-state index in [0.717, 1.165) is 19.3 Å². The lowest BCUT2D eigenvalue weighted by molar-refractivity contribution is 0.0781. The molecule has 3 atom stereocenters. The number of halogens is 2. The van der Waals surface area contributed by atoms with Gasteiger partial charge in [0.25, 0.3) is 5.91 Å². The molecule has 9 heteroatoms. The summed E-state index contributed by atoms with van der Waals surface area (Å²) in [5, 5.41) is 3.96. The van der Waals surface area contributed by atoms with Crippen molar-refractivity contribution in [2.75, 3.05) is 13.1 Å². The van der Waals surface area contributed by atoms with E-state index in [1.165, 1.54) is 30.6 Å². The van der Waals surface area contributed by atoms with Crippen LogP contribution in [0, 0.1) is 5.82 Å². The van der Waals surface area contributed by atoms with E-state index in [1.807, 2.05) is 0 Å². The highest BCUT2D eigenvalue weighted by Gasteiger charge is 2.31. The Morgan fingerprint density at radius 1 is 1.31 bits per heavy atom. The van der Waals surface area contributed by atoms with Crippen LogP contribution in [0.25, 0.3) is 5.57 Å². The van der Waals surface area contributed by atoms with Gasteiger partial charge in [-0.2, -0.15) is 0 Å². The summed E-state index contributed by atoms with van der Waals surface area (Å²) in [4.78, 5) is 23.3. The SMILES string of the molecule is CCC1CC(Oc2cc(F)ccc2C(=O)N2CC(N)=C(c3ncc(Cl)cn3)C2)CC(C)N1. The van der Waals surface area contributed by atoms with Gasteiger partial charge in [0.15, 0.2) is 5.82 Å². The zero-order chi connectivity index (χ0) is 22.8. The van der Waals surface area contributed by atoms with E-state index >= 15 is 0 Å². The van der Waals surface area contributed by atoms with Crippen LogP contribution in [0.5, 0.6) is 5.75 Å². The molecule has 4 rings (SSSR count). The molecule has 3 unspecified atom stereocenters. The quantitative estimate of drug-likeness (QED) is 0.711. The van der Waals surface area contributed by atoms with Gasteiger partial charge < -0.3 is 20.7 Å². The lowest BCUT2D eigenvalue weighted by Gasteiger charge is -2.35. The van der Waals surface area contributed by atoms with Crippen LogP contribution in [-0.2, 0) is 0 Å². The van der Waals surface area contributed by atoms with Crippen molar-refractivity contribution in [3.63, 3.8) is 0 Å². The van der Waals surface area contributed by atoms with Crippen LogP contribution in [0.3, 0.4) is 0 Å². The largest absolute Gasteiger partial charge is 0.489 e. The summed E-state index contributed by atoms with van der Waals surface area (Å²) in [6.07, 6.45) is 5.46. The molecule has 0 radical (unpaired) electrons. The number of aromatic nitrogens is 2. The van der Waals surface area contributed by atoms with Gasteiger partial charge in [-0.25, -0.2) is 14.4 Å². The summed E-state index contributed by atoms with van der Waals surface area (Å²) in [7, 11) is 0. The van der Waals surface area contributed by atoms with Gasteiger partial charge in [-0.15, -0.1) is 0 Å². The lowest BCUT2D eigenvalue weighted by Crippen LogP contribution is -2.47. The topological polar surface area (TPSA) is 93.4 Å². The van der Waals surface area contributed by atoms with Crippen molar-refractivity contribution in [2.45, 2.75) is 51.3 Å². The fourth-order valence-electron chi connectivity index (χ4n) is 4.32. The van der Waals surface area contributed by atoms with E-state index in [9.17, 15) is 9.18 Å². The number of ether oxygens (including phenoxy) is 1. The predicted octanol–water partition coefficient (Wildman–Crippen LogP) is 3.39. The second kappa shape index (κ2) is 9.42. The number of benzene rings is 1. The maximum atomic E-state index is 14.1. The average molecular weight is 460 g/mol. The molecule has 2 aliphatic rings. The fourth-order valence-corrected chi connectivity index (χ4v) is 4.42. The second-order valence-electron chi connectivity index (χ2n) is 8.41. The third kappa shape index (κ3) is 4.86. The van der Waals surface area contributed by atoms with Crippen molar-refractivity contribution in [1.29, 1.82) is 0 Å². The van der Waals surface area contributed by atoms with E-state index in [-0.39, 0.29) is 36.9 Å². The van der Waals surface area contributed by atoms with Crippen LogP contribution < -0.4 is 15.8 Å². The Balaban J connectivity index is 1.53. The van der Waals surface area contributed by atoms with E-state index in [4.69, 9.17) is 22.1 Å². The Hall–Kier alpha value is -2.71. The molecule has 0 bridgehead atoms. The predicted molar refractivity (Wildman–Crippen MR) is 121 cm³/mol. The molecule has 1 amide bonds. The van der Waals surface area contributed by atoms with Crippen molar-refractivity contribution in [1.82, 2.24) is 20.2 Å². The first-order valence-electron chi connectivity index (χ1n) is 10.8. The van der Waals surface area contributed by atoms with Gasteiger partial charge in [0, 0.05) is 41.8 Å². The molecule has 32 heavy (non-hydrogen) atoms. The number of nitrogens with one attached hydrogen (secondary N) is 1. The number of carbonyl (C=O) groups excluding carboxylic acids is 1. The van der Waals surface area contributed by atoms with Crippen molar-refractivity contribution < 1.29 is 13.9 Å². The first kappa shape index (κ1) is 22.5. The molecule has 0 spiro atoms. The maximum absolute atomic E-state index is 14.1. The van der Waals surface area contributed by atoms with Crippen LogP contribution >= 0.6 is 11.6 Å². The molecule has 1 fully saturated rings. The lowest BCUT2D eigenvalue weighted by atomic mass is 9.95. The molecule has 0 aliphatic carbocycles. The molecule has 2 aromatic rings. The molecular weight excluding hydrogens is 433 g/mol. The van der Waals surface area contributed by atoms with E-state index in [0.29, 0.717) is 33.7 Å². The third-order valence-electron chi connectivity index (χ3n) is 5.92. The molecular formula is C23H27ClFN5O2. The monoisotopic (exact) mass is 459 g/mol. The normalized spacial score (nSPS) is 23.5. The Morgan fingerprint density at radius 2 is 2.06 bits per heavy atom. The minimum absolute atomic E-state index is 0.0932. The molecule has 1 saturated heterocycles. The van der Waals surface area contributed by atoms with E-state index < -0.39 is 5.82 Å². The van der Waals surface area contributed by atoms with Crippen LogP contribution in [0.1, 0.15) is 49.3 Å². The summed E-state index contributed by atoms with van der Waals surface area (Å²) in [6, 6.07) is 4.66. The number of carbonyl (C=O) groups is 1. The first-order valence-corrected chi connectivity index (χ1v) is 11.2. The van der Waals surface area contributed by atoms with Crippen LogP contribution in [0.15, 0.2) is 36.3 Å². The van der Waals surface area contributed by atoms with Gasteiger partial charge in [-0.05, 0) is 38.3 Å². The first-order chi connectivity index (χ1) is 15.3. The zero-order valence-electron chi connectivity index (χ0n) is 18.1. The number of rotatable bonds is 5. The zero-order valence-corrected chi connectivity index (χ0v) is 18.9. The van der Waals surface area contributed by atoms with Gasteiger partial charge >= 0.3 is 0 Å². The number of nitrogens with two attached hydrogens (primary N) is 1. The van der Waals surface area contributed by atoms with Gasteiger partial charge in [0.05, 0.1) is 23.7 Å². The summed E-state index contributed by atoms with van der Waals surface area (Å²) in [6.45, 7) is 4.72. The molecule has 1 aromatic carbocycles. The summed E-state index contributed by atoms with van der Waals surface area (Å²) < 4.78 is 20.3. The molecule has 2 aliphatic heterocycles. The van der Waals surface area contributed by atoms with Crippen LogP contribution in [-0.4, -0.2) is 52.1 Å². The summed E-state index contributed by atoms with van der Waals surface area (Å²) >= 11 is 5.87. The number of hydrogen-bond donors (Lipinski definition) is 2.